The molecule has 0 saturated carbocycles. The lowest BCUT2D eigenvalue weighted by Gasteiger charge is -2.53. The zero-order valence-corrected chi connectivity index (χ0v) is 19.1. The number of hydrogen-bond acceptors (Lipinski definition) is 5. The van der Waals surface area contributed by atoms with E-state index in [1.54, 1.807) is 7.11 Å². The van der Waals surface area contributed by atoms with E-state index in [-0.39, 0.29) is 17.4 Å². The van der Waals surface area contributed by atoms with Crippen LogP contribution in [0.1, 0.15) is 67.7 Å². The van der Waals surface area contributed by atoms with Crippen LogP contribution < -0.4 is 16.0 Å². The summed E-state index contributed by atoms with van der Waals surface area (Å²) >= 11 is 0. The molecular weight excluding hydrogens is 376 g/mol. The van der Waals surface area contributed by atoms with Crippen molar-refractivity contribution in [3.8, 4) is 0 Å². The maximum absolute atomic E-state index is 13.7. The third-order valence-corrected chi connectivity index (χ3v) is 6.99. The van der Waals surface area contributed by atoms with Crippen molar-refractivity contribution in [2.45, 2.75) is 103 Å². The number of nitrogens with one attached hydrogen (secondary N) is 3. The molecule has 1 fully saturated rings. The summed E-state index contributed by atoms with van der Waals surface area (Å²) in [5.41, 5.74) is -1.63. The average molecular weight is 416 g/mol. The van der Waals surface area contributed by atoms with Crippen LogP contribution in [0.5, 0.6) is 0 Å². The van der Waals surface area contributed by atoms with Crippen molar-refractivity contribution in [3.63, 3.8) is 0 Å². The van der Waals surface area contributed by atoms with Gasteiger partial charge in [-0.2, -0.15) is 0 Å². The van der Waals surface area contributed by atoms with Crippen LogP contribution in [0.4, 0.5) is 8.78 Å². The van der Waals surface area contributed by atoms with E-state index in [0.29, 0.717) is 12.8 Å². The van der Waals surface area contributed by atoms with Gasteiger partial charge in [-0.1, -0.05) is 20.8 Å². The van der Waals surface area contributed by atoms with Gasteiger partial charge < -0.3 is 9.84 Å². The van der Waals surface area contributed by atoms with Crippen molar-refractivity contribution >= 4 is 0 Å². The van der Waals surface area contributed by atoms with E-state index < -0.39 is 41.2 Å². The molecule has 29 heavy (non-hydrogen) atoms. The maximum atomic E-state index is 13.7. The second-order valence-electron chi connectivity index (χ2n) is 10.5. The number of methoxy groups -OCH3 is 1. The number of rotatable bonds is 6. The highest BCUT2D eigenvalue weighted by molar-refractivity contribution is 5.24. The molecule has 5 unspecified atom stereocenters. The van der Waals surface area contributed by atoms with Crippen molar-refractivity contribution < 1.29 is 18.6 Å². The number of aliphatic hydroxyl groups is 1. The molecule has 5 nitrogen and oxygen atoms in total. The fraction of sp³-hybridized carbons (Fsp3) is 0.818. The zero-order chi connectivity index (χ0) is 22.3. The summed E-state index contributed by atoms with van der Waals surface area (Å²) in [6.07, 6.45) is 2.89. The average Bonchev–Trinajstić information content (AvgIpc) is 2.55. The highest BCUT2D eigenvalue weighted by Gasteiger charge is 2.49. The molecule has 168 valence electrons. The van der Waals surface area contributed by atoms with E-state index >= 15 is 0 Å². The van der Waals surface area contributed by atoms with Gasteiger partial charge in [0.15, 0.2) is 0 Å². The van der Waals surface area contributed by atoms with Crippen LogP contribution in [-0.2, 0) is 4.74 Å². The minimum atomic E-state index is -0.883. The number of halogens is 2. The molecular formula is C22H39F2N3O2. The van der Waals surface area contributed by atoms with Gasteiger partial charge in [0.05, 0.1) is 17.3 Å². The van der Waals surface area contributed by atoms with E-state index in [2.05, 4.69) is 50.6 Å². The smallest absolute Gasteiger partial charge is 0.123 e. The van der Waals surface area contributed by atoms with E-state index in [1.807, 2.05) is 13.8 Å². The summed E-state index contributed by atoms with van der Waals surface area (Å²) in [7, 11) is 1.64. The minimum Gasteiger partial charge on any atom is -0.377 e. The SMILES string of the molecule is COC1(C)CCC(C)(NC2C=C(F)C=C(F)C2)NC1C(O)NC(C)(C)C(C)(C)C. The van der Waals surface area contributed by atoms with Crippen LogP contribution in [0.2, 0.25) is 0 Å². The molecule has 0 aromatic heterocycles. The molecule has 0 radical (unpaired) electrons. The van der Waals surface area contributed by atoms with Gasteiger partial charge in [-0.3, -0.25) is 16.0 Å². The van der Waals surface area contributed by atoms with Gasteiger partial charge in [0, 0.05) is 31.2 Å². The molecule has 5 atom stereocenters. The Kier molecular flexibility index (Phi) is 7.02. The summed E-state index contributed by atoms with van der Waals surface area (Å²) in [5, 5.41) is 21.3. The quantitative estimate of drug-likeness (QED) is 0.499. The molecule has 1 heterocycles. The fourth-order valence-electron chi connectivity index (χ4n) is 3.87. The molecule has 2 rings (SSSR count). The summed E-state index contributed by atoms with van der Waals surface area (Å²) in [5.74, 6) is -1.05. The van der Waals surface area contributed by atoms with E-state index in [9.17, 15) is 13.9 Å². The Morgan fingerprint density at radius 2 is 1.83 bits per heavy atom. The van der Waals surface area contributed by atoms with Crippen molar-refractivity contribution in [2.75, 3.05) is 7.11 Å². The number of piperidine rings is 1. The van der Waals surface area contributed by atoms with Crippen molar-refractivity contribution in [3.05, 3.63) is 23.8 Å². The highest BCUT2D eigenvalue weighted by Crippen LogP contribution is 2.36. The number of hydrogen-bond donors (Lipinski definition) is 4. The van der Waals surface area contributed by atoms with Crippen molar-refractivity contribution in [2.24, 2.45) is 5.41 Å². The van der Waals surface area contributed by atoms with E-state index in [4.69, 9.17) is 4.74 Å². The van der Waals surface area contributed by atoms with Gasteiger partial charge in [0.2, 0.25) is 0 Å². The molecule has 4 N–H and O–H groups in total. The third kappa shape index (κ3) is 5.64. The molecule has 1 saturated heterocycles. The second-order valence-corrected chi connectivity index (χ2v) is 10.5. The largest absolute Gasteiger partial charge is 0.377 e. The monoisotopic (exact) mass is 415 g/mol. The molecule has 0 spiro atoms. The summed E-state index contributed by atoms with van der Waals surface area (Å²) in [4.78, 5) is 0. The van der Waals surface area contributed by atoms with Crippen LogP contribution in [0, 0.1) is 5.41 Å². The molecule has 0 amide bonds. The van der Waals surface area contributed by atoms with Crippen LogP contribution in [0.25, 0.3) is 0 Å². The van der Waals surface area contributed by atoms with E-state index in [1.165, 1.54) is 6.08 Å². The Balaban J connectivity index is 2.19. The van der Waals surface area contributed by atoms with Crippen LogP contribution >= 0.6 is 0 Å². The van der Waals surface area contributed by atoms with Crippen molar-refractivity contribution in [1.29, 1.82) is 0 Å². The molecule has 0 bridgehead atoms. The Hall–Kier alpha value is -0.860. The Bertz CT molecular complexity index is 659. The molecule has 1 aliphatic carbocycles. The number of ether oxygens (including phenoxy) is 1. The molecule has 0 aromatic rings. The molecule has 1 aliphatic heterocycles. The zero-order valence-electron chi connectivity index (χ0n) is 19.1. The first-order valence-electron chi connectivity index (χ1n) is 10.4. The highest BCUT2D eigenvalue weighted by atomic mass is 19.1. The maximum Gasteiger partial charge on any atom is 0.123 e. The Morgan fingerprint density at radius 1 is 1.21 bits per heavy atom. The van der Waals surface area contributed by atoms with Gasteiger partial charge in [0.25, 0.3) is 0 Å². The second kappa shape index (κ2) is 8.35. The summed E-state index contributed by atoms with van der Waals surface area (Å²) < 4.78 is 33.1. The minimum absolute atomic E-state index is 0.0814. The van der Waals surface area contributed by atoms with Gasteiger partial charge >= 0.3 is 0 Å². The summed E-state index contributed by atoms with van der Waals surface area (Å²) in [6, 6.07) is -0.889. The summed E-state index contributed by atoms with van der Waals surface area (Å²) in [6.45, 7) is 14.4. The lowest BCUT2D eigenvalue weighted by atomic mass is 9.75. The Labute approximate surface area is 174 Å². The first kappa shape index (κ1) is 24.4. The van der Waals surface area contributed by atoms with Gasteiger partial charge in [-0.25, -0.2) is 8.78 Å². The lowest BCUT2D eigenvalue weighted by molar-refractivity contribution is -0.121. The van der Waals surface area contributed by atoms with Gasteiger partial charge in [-0.05, 0) is 52.0 Å². The lowest BCUT2D eigenvalue weighted by Crippen LogP contribution is -2.74. The molecule has 2 aliphatic rings. The predicted molar refractivity (Wildman–Crippen MR) is 113 cm³/mol. The molecule has 7 heteroatoms. The topological polar surface area (TPSA) is 65.5 Å². The van der Waals surface area contributed by atoms with Crippen molar-refractivity contribution in [1.82, 2.24) is 16.0 Å². The van der Waals surface area contributed by atoms with Gasteiger partial charge in [-0.15, -0.1) is 0 Å². The number of allylic oxidation sites excluding steroid dienone is 2. The van der Waals surface area contributed by atoms with Crippen LogP contribution in [0.15, 0.2) is 23.8 Å². The number of aliphatic hydroxyl groups excluding tert-OH is 1. The first-order chi connectivity index (χ1) is 13.1. The van der Waals surface area contributed by atoms with E-state index in [0.717, 1.165) is 6.08 Å². The first-order valence-corrected chi connectivity index (χ1v) is 10.4. The molecule has 0 aromatic carbocycles. The van der Waals surface area contributed by atoms with Crippen LogP contribution in [0.3, 0.4) is 0 Å². The third-order valence-electron chi connectivity index (χ3n) is 6.99. The predicted octanol–water partition coefficient (Wildman–Crippen LogP) is 3.66. The van der Waals surface area contributed by atoms with Gasteiger partial charge in [0.1, 0.15) is 17.9 Å². The Morgan fingerprint density at radius 3 is 2.34 bits per heavy atom. The van der Waals surface area contributed by atoms with Crippen LogP contribution in [-0.4, -0.2) is 47.3 Å². The fourth-order valence-corrected chi connectivity index (χ4v) is 3.87. The standard InChI is InChI=1S/C22H39F2N3O2/c1-19(2,3)20(4,5)27-18(28)17-21(6,29-8)9-10-22(7,26-17)25-16-12-14(23)11-15(24)13-16/h11-12,16-18,25-28H,9-10,13H2,1-8H3. The normalized spacial score (nSPS) is 35.1.